The Morgan fingerprint density at radius 1 is 0.788 bits per heavy atom. The average Bonchev–Trinajstić information content (AvgIpc) is 3.45. The lowest BCUT2D eigenvalue weighted by Crippen LogP contribution is -2.33. The van der Waals surface area contributed by atoms with Gasteiger partial charge in [-0.1, -0.05) is 28.9 Å². The van der Waals surface area contributed by atoms with Gasteiger partial charge in [-0.05, 0) is 48.5 Å². The number of ether oxygens (including phenoxy) is 6. The topological polar surface area (TPSA) is 174 Å². The Hall–Kier alpha value is -4.55. The highest BCUT2D eigenvalue weighted by molar-refractivity contribution is 7.80. The molecule has 0 atom stereocenters. The molecule has 0 aliphatic carbocycles. The van der Waals surface area contributed by atoms with Crippen molar-refractivity contribution in [3.05, 3.63) is 76.8 Å². The maximum Gasteiger partial charge on any atom is 0.335 e. The van der Waals surface area contributed by atoms with E-state index in [1.807, 2.05) is 0 Å². The summed E-state index contributed by atoms with van der Waals surface area (Å²) in [6.45, 7) is 2.78. The van der Waals surface area contributed by atoms with Crippen molar-refractivity contribution in [3.8, 4) is 5.75 Å². The standard InChI is InChI=1S/C35H38ClN3O12S/c1-44-27-5-3-26(4-6-27)37-34-28(23-24-22-25(36)2-7-29(24)50-34)35(52)38-30(40)10-12-45-14-16-47-18-20-49-21-19-48-17-15-46-13-11-33(43)51-39-31(41)8-9-32(39)42/h2-9,22-23H,10-21H2,1H3,(H,38,40,52). The molecule has 0 spiro atoms. The number of hydrogen-bond donors (Lipinski definition) is 1. The molecule has 0 bridgehead atoms. The third-order valence-electron chi connectivity index (χ3n) is 6.88. The van der Waals surface area contributed by atoms with Gasteiger partial charge in [0.15, 0.2) is 0 Å². The van der Waals surface area contributed by atoms with E-state index in [-0.39, 0.29) is 49.1 Å². The van der Waals surface area contributed by atoms with E-state index >= 15 is 0 Å². The van der Waals surface area contributed by atoms with E-state index in [9.17, 15) is 19.2 Å². The van der Waals surface area contributed by atoms with E-state index in [0.717, 1.165) is 12.2 Å². The predicted molar refractivity (Wildman–Crippen MR) is 190 cm³/mol. The third kappa shape index (κ3) is 13.5. The van der Waals surface area contributed by atoms with Crippen LogP contribution in [0.5, 0.6) is 5.75 Å². The van der Waals surface area contributed by atoms with Crippen molar-refractivity contribution in [2.45, 2.75) is 12.8 Å². The Morgan fingerprint density at radius 2 is 1.35 bits per heavy atom. The molecule has 0 saturated carbocycles. The van der Waals surface area contributed by atoms with E-state index in [4.69, 9.17) is 56.7 Å². The quantitative estimate of drug-likeness (QED) is 0.0899. The second-order valence-electron chi connectivity index (χ2n) is 10.7. The van der Waals surface area contributed by atoms with Crippen LogP contribution in [0.1, 0.15) is 18.4 Å². The van der Waals surface area contributed by atoms with Crippen LogP contribution in [-0.4, -0.2) is 107 Å². The summed E-state index contributed by atoms with van der Waals surface area (Å²) in [6, 6.07) is 14.1. The molecule has 17 heteroatoms. The lowest BCUT2D eigenvalue weighted by molar-refractivity contribution is -0.196. The highest BCUT2D eigenvalue weighted by Gasteiger charge is 2.27. The summed E-state index contributed by atoms with van der Waals surface area (Å²) in [6.07, 6.45) is 1.98. The van der Waals surface area contributed by atoms with Crippen LogP contribution in [0.3, 0.4) is 0 Å². The molecule has 0 saturated heterocycles. The minimum Gasteiger partial charge on any atom is -0.497 e. The summed E-state index contributed by atoms with van der Waals surface area (Å²) in [5, 5.41) is 4.35. The van der Waals surface area contributed by atoms with Crippen molar-refractivity contribution in [1.29, 1.82) is 0 Å². The number of carbonyl (C=O) groups is 4. The molecule has 15 nitrogen and oxygen atoms in total. The molecule has 3 amide bonds. The zero-order chi connectivity index (χ0) is 37.1. The molecular formula is C35H38ClN3O12S. The summed E-state index contributed by atoms with van der Waals surface area (Å²) >= 11 is 11.7. The van der Waals surface area contributed by atoms with Gasteiger partial charge in [0.1, 0.15) is 16.3 Å². The number of carbonyl (C=O) groups excluding carboxylic acids is 4. The molecule has 0 radical (unpaired) electrons. The molecule has 2 heterocycles. The Bertz CT molecular complexity index is 1780. The maximum absolute atomic E-state index is 12.6. The van der Waals surface area contributed by atoms with Gasteiger partial charge in [0, 0.05) is 22.6 Å². The number of hydroxylamine groups is 2. The van der Waals surface area contributed by atoms with Crippen LogP contribution >= 0.6 is 23.8 Å². The van der Waals surface area contributed by atoms with Crippen molar-refractivity contribution >= 4 is 69.2 Å². The van der Waals surface area contributed by atoms with Crippen LogP contribution in [0.4, 0.5) is 5.69 Å². The van der Waals surface area contributed by atoms with Crippen LogP contribution in [-0.2, 0) is 47.7 Å². The smallest absolute Gasteiger partial charge is 0.335 e. The molecular weight excluding hydrogens is 722 g/mol. The van der Waals surface area contributed by atoms with Gasteiger partial charge in [-0.25, -0.2) is 9.79 Å². The molecule has 3 aromatic rings. The molecule has 52 heavy (non-hydrogen) atoms. The average molecular weight is 760 g/mol. The molecule has 1 aliphatic rings. The number of hydrogen-bond acceptors (Lipinski definition) is 14. The zero-order valence-electron chi connectivity index (χ0n) is 28.3. The minimum atomic E-state index is -0.757. The number of rotatable bonds is 22. The van der Waals surface area contributed by atoms with Crippen molar-refractivity contribution < 1.29 is 56.9 Å². The highest BCUT2D eigenvalue weighted by Crippen LogP contribution is 2.21. The van der Waals surface area contributed by atoms with Gasteiger partial charge in [0.25, 0.3) is 11.8 Å². The summed E-state index contributed by atoms with van der Waals surface area (Å²) in [7, 11) is 1.58. The fourth-order valence-electron chi connectivity index (χ4n) is 4.30. The molecule has 1 N–H and O–H groups in total. The molecule has 0 fully saturated rings. The number of halogens is 1. The maximum atomic E-state index is 12.6. The summed E-state index contributed by atoms with van der Waals surface area (Å²) < 4.78 is 38.3. The van der Waals surface area contributed by atoms with E-state index in [1.54, 1.807) is 55.6 Å². The summed E-state index contributed by atoms with van der Waals surface area (Å²) in [4.78, 5) is 56.4. The molecule has 4 rings (SSSR count). The third-order valence-corrected chi connectivity index (χ3v) is 7.44. The number of methoxy groups -OCH3 is 1. The van der Waals surface area contributed by atoms with Crippen LogP contribution in [0.25, 0.3) is 11.0 Å². The fraction of sp³-hybridized carbons (Fsp3) is 0.371. The largest absolute Gasteiger partial charge is 0.497 e. The van der Waals surface area contributed by atoms with Gasteiger partial charge in [-0.15, -0.1) is 0 Å². The van der Waals surface area contributed by atoms with E-state index in [2.05, 4.69) is 15.1 Å². The number of nitrogens with zero attached hydrogens (tertiary/aromatic N) is 2. The Kier molecular flexibility index (Phi) is 16.8. The van der Waals surface area contributed by atoms with E-state index < -0.39 is 17.8 Å². The summed E-state index contributed by atoms with van der Waals surface area (Å²) in [5.41, 5.74) is 1.82. The fourth-order valence-corrected chi connectivity index (χ4v) is 4.74. The van der Waals surface area contributed by atoms with Gasteiger partial charge in [0.05, 0.1) is 97.3 Å². The lowest BCUT2D eigenvalue weighted by Gasteiger charge is -2.12. The van der Waals surface area contributed by atoms with Crippen LogP contribution < -0.4 is 15.6 Å². The van der Waals surface area contributed by atoms with Gasteiger partial charge in [-0.3, -0.25) is 14.4 Å². The first-order valence-corrected chi connectivity index (χ1v) is 16.9. The normalized spacial score (nSPS) is 12.9. The van der Waals surface area contributed by atoms with Crippen LogP contribution in [0.15, 0.2) is 70.1 Å². The number of imide groups is 1. The van der Waals surface area contributed by atoms with Crippen LogP contribution in [0, 0.1) is 0 Å². The zero-order valence-corrected chi connectivity index (χ0v) is 29.9. The van der Waals surface area contributed by atoms with Crippen molar-refractivity contribution in [1.82, 2.24) is 10.4 Å². The molecule has 278 valence electrons. The number of benzene rings is 2. The first-order valence-electron chi connectivity index (χ1n) is 16.2. The van der Waals surface area contributed by atoms with Crippen LogP contribution in [0.2, 0.25) is 5.02 Å². The number of amides is 3. The number of nitrogens with one attached hydrogen (secondary N) is 1. The van der Waals surface area contributed by atoms with Crippen molar-refractivity contribution in [3.63, 3.8) is 0 Å². The van der Waals surface area contributed by atoms with Gasteiger partial charge >= 0.3 is 5.97 Å². The van der Waals surface area contributed by atoms with Crippen molar-refractivity contribution in [2.75, 3.05) is 73.2 Å². The molecule has 0 unspecified atom stereocenters. The molecule has 1 aliphatic heterocycles. The second kappa shape index (κ2) is 21.7. The first kappa shape index (κ1) is 40.2. The Morgan fingerprint density at radius 3 is 1.92 bits per heavy atom. The Labute approximate surface area is 309 Å². The van der Waals surface area contributed by atoms with E-state index in [1.165, 1.54) is 0 Å². The lowest BCUT2D eigenvalue weighted by atomic mass is 10.2. The highest BCUT2D eigenvalue weighted by atomic mass is 35.5. The number of fused-ring (bicyclic) bond motifs is 1. The Balaban J connectivity index is 1.02. The van der Waals surface area contributed by atoms with Gasteiger partial charge in [-0.2, -0.15) is 0 Å². The molecule has 1 aromatic heterocycles. The minimum absolute atomic E-state index is 0.0499. The van der Waals surface area contributed by atoms with E-state index in [0.29, 0.717) is 84.3 Å². The van der Waals surface area contributed by atoms with Gasteiger partial charge < -0.3 is 43.0 Å². The predicted octanol–water partition coefficient (Wildman–Crippen LogP) is 3.37. The molecule has 2 aromatic carbocycles. The second-order valence-corrected chi connectivity index (χ2v) is 11.5. The van der Waals surface area contributed by atoms with Gasteiger partial charge in [0.2, 0.25) is 11.5 Å². The van der Waals surface area contributed by atoms with Crippen molar-refractivity contribution in [2.24, 2.45) is 4.99 Å². The monoisotopic (exact) mass is 759 g/mol. The summed E-state index contributed by atoms with van der Waals surface area (Å²) in [5.74, 6) is -1.81. The first-order chi connectivity index (χ1) is 25.2. The number of thiocarbonyl (C=S) groups is 1. The SMILES string of the molecule is COc1ccc(N=c2oc3ccc(Cl)cc3cc2C(=S)NC(=O)CCOCCOCCOCCOCCOCCC(=O)ON2C(=O)C=CC2=O)cc1.